The molecule has 3 aromatic heterocycles. The number of hydrogen-bond acceptors (Lipinski definition) is 9. The predicted molar refractivity (Wildman–Crippen MR) is 109 cm³/mol. The fourth-order valence-electron chi connectivity index (χ4n) is 2.30. The molecule has 4 rings (SSSR count). The van der Waals surface area contributed by atoms with Crippen LogP contribution in [0.1, 0.15) is 26.4 Å². The van der Waals surface area contributed by atoms with Gasteiger partial charge in [-0.2, -0.15) is 9.64 Å². The van der Waals surface area contributed by atoms with Crippen LogP contribution in [0.3, 0.4) is 0 Å². The highest BCUT2D eigenvalue weighted by Gasteiger charge is 2.15. The quantitative estimate of drug-likeness (QED) is 0.487. The van der Waals surface area contributed by atoms with Gasteiger partial charge >= 0.3 is 11.9 Å². The minimum Gasteiger partial charge on any atom is -0.478 e. The maximum atomic E-state index is 10.9. The van der Waals surface area contributed by atoms with Gasteiger partial charge in [0.25, 0.3) is 0 Å². The zero-order valence-electron chi connectivity index (χ0n) is 15.0. The molecule has 9 nitrogen and oxygen atoms in total. The summed E-state index contributed by atoms with van der Waals surface area (Å²) >= 11 is 2.38. The van der Waals surface area contributed by atoms with Crippen molar-refractivity contribution in [3.8, 4) is 27.1 Å². The maximum Gasteiger partial charge on any atom is 0.356 e. The van der Waals surface area contributed by atoms with E-state index in [9.17, 15) is 9.59 Å². The van der Waals surface area contributed by atoms with E-state index in [4.69, 9.17) is 15.5 Å². The Morgan fingerprint density at radius 2 is 1.77 bits per heavy atom. The van der Waals surface area contributed by atoms with E-state index < -0.39 is 11.9 Å². The first kappa shape index (κ1) is 20.7. The van der Waals surface area contributed by atoms with Gasteiger partial charge in [0, 0.05) is 6.20 Å². The molecule has 0 saturated carbocycles. The van der Waals surface area contributed by atoms with Crippen LogP contribution < -0.4 is 0 Å². The number of carboxylic acid groups (broad SMARTS) is 2. The highest BCUT2D eigenvalue weighted by atomic mass is 32.1. The fourth-order valence-corrected chi connectivity index (χ4v) is 3.80. The number of aromatic carboxylic acids is 2. The largest absolute Gasteiger partial charge is 0.478 e. The lowest BCUT2D eigenvalue weighted by molar-refractivity contribution is 0.0684. The number of carboxylic acids is 2. The average molecular weight is 437 g/mol. The van der Waals surface area contributed by atoms with Crippen LogP contribution >= 0.6 is 22.9 Å². The summed E-state index contributed by atoms with van der Waals surface area (Å²) in [6.45, 7) is 0. The van der Waals surface area contributed by atoms with E-state index in [1.807, 2.05) is 6.07 Å². The second-order valence-electron chi connectivity index (χ2n) is 5.49. The Labute approximate surface area is 177 Å². The summed E-state index contributed by atoms with van der Waals surface area (Å²) in [4.78, 5) is 34.3. The van der Waals surface area contributed by atoms with Crippen molar-refractivity contribution in [1.82, 2.24) is 19.3 Å². The van der Waals surface area contributed by atoms with Crippen molar-refractivity contribution in [2.45, 2.75) is 0 Å². The Kier molecular flexibility index (Phi) is 6.53. The van der Waals surface area contributed by atoms with Crippen molar-refractivity contribution in [3.63, 3.8) is 0 Å². The van der Waals surface area contributed by atoms with Crippen LogP contribution in [0.5, 0.6) is 0 Å². The van der Waals surface area contributed by atoms with Crippen molar-refractivity contribution < 1.29 is 19.8 Å². The molecule has 0 spiro atoms. The van der Waals surface area contributed by atoms with Gasteiger partial charge in [0.05, 0.1) is 44.4 Å². The molecule has 2 N–H and O–H groups in total. The van der Waals surface area contributed by atoms with Crippen LogP contribution in [-0.4, -0.2) is 41.5 Å². The maximum absolute atomic E-state index is 10.9. The first-order chi connectivity index (χ1) is 14.5. The van der Waals surface area contributed by atoms with Crippen molar-refractivity contribution in [2.24, 2.45) is 0 Å². The highest BCUT2D eigenvalue weighted by molar-refractivity contribution is 7.13. The third-order valence-electron chi connectivity index (χ3n) is 3.66. The number of aromatic nitrogens is 4. The van der Waals surface area contributed by atoms with Gasteiger partial charge in [-0.05, 0) is 35.3 Å². The molecule has 0 bridgehead atoms. The predicted octanol–water partition coefficient (Wildman–Crippen LogP) is 3.68. The van der Waals surface area contributed by atoms with Gasteiger partial charge in [-0.15, -0.1) is 11.3 Å². The molecule has 0 aliphatic carbocycles. The summed E-state index contributed by atoms with van der Waals surface area (Å²) in [6, 6.07) is 10.4. The van der Waals surface area contributed by atoms with E-state index in [2.05, 4.69) is 19.3 Å². The molecule has 0 unspecified atom stereocenters. The summed E-state index contributed by atoms with van der Waals surface area (Å²) < 4.78 is 3.82. The lowest BCUT2D eigenvalue weighted by Crippen LogP contribution is -1.98. The Morgan fingerprint density at radius 1 is 1.00 bits per heavy atom. The second-order valence-corrected chi connectivity index (χ2v) is 7.15. The number of nitrogens with zero attached hydrogens (tertiary/aromatic N) is 5. The van der Waals surface area contributed by atoms with Crippen LogP contribution in [0.2, 0.25) is 0 Å². The van der Waals surface area contributed by atoms with E-state index in [0.29, 0.717) is 21.0 Å². The Balaban J connectivity index is 0.000000172. The summed E-state index contributed by atoms with van der Waals surface area (Å²) in [7, 11) is 0. The van der Waals surface area contributed by atoms with Crippen molar-refractivity contribution >= 4 is 34.8 Å². The van der Waals surface area contributed by atoms with Gasteiger partial charge in [-0.25, -0.2) is 24.5 Å². The molecule has 0 amide bonds. The average Bonchev–Trinajstić information content (AvgIpc) is 3.45. The van der Waals surface area contributed by atoms with Crippen LogP contribution in [0, 0.1) is 11.3 Å². The Hall–Kier alpha value is -4.01. The number of nitriles is 1. The molecule has 0 fully saturated rings. The van der Waals surface area contributed by atoms with Gasteiger partial charge in [0.2, 0.25) is 0 Å². The molecular formula is C19H11N5O4S2. The highest BCUT2D eigenvalue weighted by Crippen LogP contribution is 2.28. The van der Waals surface area contributed by atoms with E-state index in [1.54, 1.807) is 36.5 Å². The summed E-state index contributed by atoms with van der Waals surface area (Å²) in [5.74, 6) is -2.03. The molecule has 3 heterocycles. The third-order valence-corrected chi connectivity index (χ3v) is 5.36. The van der Waals surface area contributed by atoms with E-state index in [1.165, 1.54) is 29.4 Å². The summed E-state index contributed by atoms with van der Waals surface area (Å²) in [6.07, 6.45) is 4.26. The smallest absolute Gasteiger partial charge is 0.356 e. The minimum atomic E-state index is -1.04. The minimum absolute atomic E-state index is 0.0507. The van der Waals surface area contributed by atoms with Crippen LogP contribution in [0.15, 0.2) is 54.6 Å². The number of rotatable bonds is 4. The molecule has 0 radical (unpaired) electrons. The van der Waals surface area contributed by atoms with E-state index in [0.717, 1.165) is 17.1 Å². The van der Waals surface area contributed by atoms with Gasteiger partial charge in [0.1, 0.15) is 6.33 Å². The van der Waals surface area contributed by atoms with Crippen molar-refractivity contribution in [1.29, 1.82) is 5.26 Å². The van der Waals surface area contributed by atoms with Crippen LogP contribution in [0.25, 0.3) is 21.0 Å². The van der Waals surface area contributed by atoms with Gasteiger partial charge in [0.15, 0.2) is 5.69 Å². The Morgan fingerprint density at radius 3 is 2.37 bits per heavy atom. The number of hydrogen-bond donors (Lipinski definition) is 2. The summed E-state index contributed by atoms with van der Waals surface area (Å²) in [5, 5.41) is 26.4. The molecule has 0 atom stereocenters. The lowest BCUT2D eigenvalue weighted by Gasteiger charge is -1.98. The normalized spacial score (nSPS) is 9.83. The number of thiazole rings is 1. The summed E-state index contributed by atoms with van der Waals surface area (Å²) in [5.41, 5.74) is 3.61. The molecule has 1 aromatic carbocycles. The van der Waals surface area contributed by atoms with E-state index >= 15 is 0 Å². The first-order valence-electron chi connectivity index (χ1n) is 8.13. The van der Waals surface area contributed by atoms with Crippen molar-refractivity contribution in [3.05, 3.63) is 71.4 Å². The molecular weight excluding hydrogens is 426 g/mol. The second kappa shape index (κ2) is 9.46. The Bertz CT molecular complexity index is 1210. The number of benzene rings is 1. The first-order valence-corrected chi connectivity index (χ1v) is 9.78. The topological polar surface area (TPSA) is 150 Å². The standard InChI is InChI=1S/C11H6N2O2S.C8H5N3O2S/c12-5-7-1-3-8(4-2-7)10-9(11(14)15)13-6-16-10;12-8(13)5-3-11-14-7(5)6-1-2-9-4-10-6/h1-4,6H,(H,14,15);1-4H,(H,12,13). The van der Waals surface area contributed by atoms with Crippen LogP contribution in [-0.2, 0) is 0 Å². The molecule has 4 aromatic rings. The molecule has 0 saturated heterocycles. The SMILES string of the molecule is N#Cc1ccc(-c2scnc2C(=O)O)cc1.O=C(O)c1cnsc1-c1ccncn1. The molecule has 148 valence electrons. The monoisotopic (exact) mass is 437 g/mol. The van der Waals surface area contributed by atoms with Gasteiger partial charge in [-0.3, -0.25) is 0 Å². The van der Waals surface area contributed by atoms with Gasteiger partial charge in [-0.1, -0.05) is 12.1 Å². The third kappa shape index (κ3) is 4.69. The lowest BCUT2D eigenvalue weighted by atomic mass is 10.1. The molecule has 0 aliphatic heterocycles. The molecule has 0 aliphatic rings. The molecule has 11 heteroatoms. The van der Waals surface area contributed by atoms with E-state index in [-0.39, 0.29) is 11.3 Å². The zero-order valence-corrected chi connectivity index (χ0v) is 16.6. The zero-order chi connectivity index (χ0) is 21.5. The van der Waals surface area contributed by atoms with Crippen LogP contribution in [0.4, 0.5) is 0 Å². The number of carbonyl (C=O) groups is 2. The molecule has 30 heavy (non-hydrogen) atoms. The van der Waals surface area contributed by atoms with Crippen molar-refractivity contribution in [2.75, 3.05) is 0 Å². The van der Waals surface area contributed by atoms with Gasteiger partial charge < -0.3 is 10.2 Å². The fraction of sp³-hybridized carbons (Fsp3) is 0.